The highest BCUT2D eigenvalue weighted by Gasteiger charge is 2.35. The molecule has 0 spiro atoms. The number of hydrogen-bond acceptors (Lipinski definition) is 7. The fourth-order valence-electron chi connectivity index (χ4n) is 2.46. The average Bonchev–Trinajstić information content (AvgIpc) is 3.17. The molecule has 0 radical (unpaired) electrons. The molecule has 0 bridgehead atoms. The molecule has 0 saturated carbocycles. The average molecular weight is 293 g/mol. The van der Waals surface area contributed by atoms with Crippen LogP contribution in [0.2, 0.25) is 0 Å². The summed E-state index contributed by atoms with van der Waals surface area (Å²) in [4.78, 5) is 19.3. The third-order valence-electron chi connectivity index (χ3n) is 3.44. The molecule has 7 nitrogen and oxygen atoms in total. The lowest BCUT2D eigenvalue weighted by atomic mass is 10.2. The summed E-state index contributed by atoms with van der Waals surface area (Å²) in [7, 11) is 0. The maximum Gasteiger partial charge on any atom is 0.268 e. The van der Waals surface area contributed by atoms with E-state index in [9.17, 15) is 4.79 Å². The summed E-state index contributed by atoms with van der Waals surface area (Å²) in [6, 6.07) is -0.105. The Bertz CT molecular complexity index is 623. The van der Waals surface area contributed by atoms with Crippen LogP contribution in [-0.2, 0) is 6.42 Å². The summed E-state index contributed by atoms with van der Waals surface area (Å²) in [6.07, 6.45) is 2.51. The van der Waals surface area contributed by atoms with E-state index < -0.39 is 0 Å². The van der Waals surface area contributed by atoms with Crippen LogP contribution in [0.5, 0.6) is 0 Å². The molecular weight excluding hydrogens is 278 g/mol. The van der Waals surface area contributed by atoms with Gasteiger partial charge in [-0.1, -0.05) is 16.6 Å². The van der Waals surface area contributed by atoms with Gasteiger partial charge in [0.25, 0.3) is 5.91 Å². The molecule has 1 aliphatic rings. The van der Waals surface area contributed by atoms with E-state index in [-0.39, 0.29) is 11.9 Å². The number of nitrogens with zero attached hydrogens (tertiary/aromatic N) is 5. The molecule has 3 heterocycles. The summed E-state index contributed by atoms with van der Waals surface area (Å²) in [5.41, 5.74) is 0.759. The van der Waals surface area contributed by atoms with Crippen LogP contribution in [0, 0.1) is 6.92 Å². The highest BCUT2D eigenvalue weighted by Crippen LogP contribution is 2.32. The lowest BCUT2D eigenvalue weighted by molar-refractivity contribution is 0.0732. The highest BCUT2D eigenvalue weighted by atomic mass is 32.1. The van der Waals surface area contributed by atoms with Gasteiger partial charge in [-0.3, -0.25) is 4.79 Å². The molecule has 8 heteroatoms. The van der Waals surface area contributed by atoms with Gasteiger partial charge in [-0.2, -0.15) is 4.98 Å². The van der Waals surface area contributed by atoms with Gasteiger partial charge in [0.1, 0.15) is 4.88 Å². The zero-order valence-electron chi connectivity index (χ0n) is 11.4. The van der Waals surface area contributed by atoms with Gasteiger partial charge in [0.15, 0.2) is 5.82 Å². The summed E-state index contributed by atoms with van der Waals surface area (Å²) < 4.78 is 8.90. The maximum atomic E-state index is 12.6. The van der Waals surface area contributed by atoms with Crippen LogP contribution in [-0.4, -0.2) is 37.1 Å². The number of likely N-dealkylation sites (tertiary alicyclic amines) is 1. The molecular formula is C12H15N5O2S. The second kappa shape index (κ2) is 5.28. The predicted octanol–water partition coefficient (Wildman–Crippen LogP) is 1.77. The molecule has 1 atom stereocenters. The van der Waals surface area contributed by atoms with Crippen LogP contribution in [0.1, 0.15) is 52.9 Å². The minimum Gasteiger partial charge on any atom is -0.340 e. The van der Waals surface area contributed by atoms with Crippen molar-refractivity contribution in [3.63, 3.8) is 0 Å². The second-order valence-electron chi connectivity index (χ2n) is 4.73. The highest BCUT2D eigenvalue weighted by molar-refractivity contribution is 7.08. The molecule has 3 rings (SSSR count). The molecule has 1 saturated heterocycles. The number of aromatic nitrogens is 4. The van der Waals surface area contributed by atoms with Crippen LogP contribution >= 0.6 is 11.5 Å². The zero-order valence-corrected chi connectivity index (χ0v) is 12.2. The lowest BCUT2D eigenvalue weighted by Gasteiger charge is -2.21. The molecule has 1 amide bonds. The molecule has 1 fully saturated rings. The molecule has 2 aromatic rings. The summed E-state index contributed by atoms with van der Waals surface area (Å²) >= 11 is 1.15. The number of hydrogen-bond donors (Lipinski definition) is 0. The van der Waals surface area contributed by atoms with E-state index in [4.69, 9.17) is 4.52 Å². The Hall–Kier alpha value is -1.83. The van der Waals surface area contributed by atoms with Crippen LogP contribution in [0.3, 0.4) is 0 Å². The van der Waals surface area contributed by atoms with E-state index in [0.717, 1.165) is 30.1 Å². The van der Waals surface area contributed by atoms with Crippen molar-refractivity contribution in [1.82, 2.24) is 24.6 Å². The first kappa shape index (κ1) is 13.2. The summed E-state index contributed by atoms with van der Waals surface area (Å²) in [5, 5.41) is 7.95. The Morgan fingerprint density at radius 3 is 3.10 bits per heavy atom. The predicted molar refractivity (Wildman–Crippen MR) is 71.3 cm³/mol. The van der Waals surface area contributed by atoms with Crippen molar-refractivity contribution in [2.45, 2.75) is 39.2 Å². The number of carbonyl (C=O) groups excluding carboxylic acids is 1. The van der Waals surface area contributed by atoms with Crippen LogP contribution < -0.4 is 0 Å². The van der Waals surface area contributed by atoms with E-state index in [1.54, 1.807) is 11.8 Å². The Balaban J connectivity index is 1.87. The molecule has 0 unspecified atom stereocenters. The first-order valence-corrected chi connectivity index (χ1v) is 7.40. The van der Waals surface area contributed by atoms with Gasteiger partial charge in [-0.15, -0.1) is 5.10 Å². The van der Waals surface area contributed by atoms with Gasteiger partial charge < -0.3 is 9.42 Å². The van der Waals surface area contributed by atoms with Gasteiger partial charge in [-0.05, 0) is 30.8 Å². The van der Waals surface area contributed by atoms with Crippen molar-refractivity contribution in [2.75, 3.05) is 6.54 Å². The van der Waals surface area contributed by atoms with Crippen molar-refractivity contribution in [1.29, 1.82) is 0 Å². The maximum absolute atomic E-state index is 12.6. The number of rotatable bonds is 3. The van der Waals surface area contributed by atoms with Gasteiger partial charge >= 0.3 is 0 Å². The van der Waals surface area contributed by atoms with Crippen molar-refractivity contribution >= 4 is 17.4 Å². The van der Waals surface area contributed by atoms with Crippen LogP contribution in [0.15, 0.2) is 4.52 Å². The van der Waals surface area contributed by atoms with E-state index in [0.29, 0.717) is 29.6 Å². The van der Waals surface area contributed by atoms with E-state index in [1.807, 2.05) is 6.92 Å². The Morgan fingerprint density at radius 1 is 1.55 bits per heavy atom. The minimum absolute atomic E-state index is 0.0261. The van der Waals surface area contributed by atoms with Crippen molar-refractivity contribution in [2.24, 2.45) is 0 Å². The lowest BCUT2D eigenvalue weighted by Crippen LogP contribution is -2.31. The van der Waals surface area contributed by atoms with Crippen molar-refractivity contribution in [3.8, 4) is 0 Å². The second-order valence-corrected chi connectivity index (χ2v) is 5.48. The smallest absolute Gasteiger partial charge is 0.268 e. The summed E-state index contributed by atoms with van der Waals surface area (Å²) in [5.74, 6) is 1.08. The topological polar surface area (TPSA) is 85.0 Å². The number of amides is 1. The van der Waals surface area contributed by atoms with E-state index >= 15 is 0 Å². The van der Waals surface area contributed by atoms with Crippen molar-refractivity contribution in [3.05, 3.63) is 22.3 Å². The monoisotopic (exact) mass is 293 g/mol. The van der Waals surface area contributed by atoms with Gasteiger partial charge in [0.2, 0.25) is 5.89 Å². The SMILES string of the molecule is CCc1nnsc1C(=O)N1CCC[C@H]1c1noc(C)n1. The summed E-state index contributed by atoms with van der Waals surface area (Å²) in [6.45, 7) is 4.43. The fourth-order valence-corrected chi connectivity index (χ4v) is 3.17. The van der Waals surface area contributed by atoms with E-state index in [2.05, 4.69) is 19.7 Å². The van der Waals surface area contributed by atoms with Crippen LogP contribution in [0.25, 0.3) is 0 Å². The third-order valence-corrected chi connectivity index (χ3v) is 4.20. The Labute approximate surface area is 120 Å². The van der Waals surface area contributed by atoms with Crippen LogP contribution in [0.4, 0.5) is 0 Å². The molecule has 0 N–H and O–H groups in total. The Morgan fingerprint density at radius 2 is 2.40 bits per heavy atom. The van der Waals surface area contributed by atoms with Gasteiger partial charge in [-0.25, -0.2) is 0 Å². The van der Waals surface area contributed by atoms with Crippen molar-refractivity contribution < 1.29 is 9.32 Å². The largest absolute Gasteiger partial charge is 0.340 e. The molecule has 0 aromatic carbocycles. The first-order chi connectivity index (χ1) is 9.70. The molecule has 0 aliphatic carbocycles. The fraction of sp³-hybridized carbons (Fsp3) is 0.583. The molecule has 106 valence electrons. The standard InChI is InChI=1S/C12H15N5O2S/c1-3-8-10(20-16-14-8)12(18)17-6-4-5-9(17)11-13-7(2)19-15-11/h9H,3-6H2,1-2H3/t9-/m0/s1. The number of carbonyl (C=O) groups is 1. The van der Waals surface area contributed by atoms with E-state index in [1.165, 1.54) is 0 Å². The van der Waals surface area contributed by atoms with Gasteiger partial charge in [0.05, 0.1) is 11.7 Å². The quantitative estimate of drug-likeness (QED) is 0.857. The molecule has 1 aliphatic heterocycles. The third kappa shape index (κ3) is 2.20. The molecule has 2 aromatic heterocycles. The number of aryl methyl sites for hydroxylation is 2. The van der Waals surface area contributed by atoms with Gasteiger partial charge in [0, 0.05) is 13.5 Å². The Kier molecular flexibility index (Phi) is 3.47. The zero-order chi connectivity index (χ0) is 14.1. The first-order valence-electron chi connectivity index (χ1n) is 6.63. The normalized spacial score (nSPS) is 18.7. The minimum atomic E-state index is -0.105. The molecule has 20 heavy (non-hydrogen) atoms.